The van der Waals surface area contributed by atoms with Gasteiger partial charge >= 0.3 is 5.69 Å². The lowest BCUT2D eigenvalue weighted by atomic mass is 10.2. The number of aromatic nitrogens is 3. The highest BCUT2D eigenvalue weighted by molar-refractivity contribution is 7.99. The number of amides is 1. The number of nitrogens with zero attached hydrogens (tertiary/aromatic N) is 2. The Bertz CT molecular complexity index is 753. The van der Waals surface area contributed by atoms with Crippen LogP contribution in [0.2, 0.25) is 5.02 Å². The van der Waals surface area contributed by atoms with Crippen LogP contribution in [0, 0.1) is 0 Å². The van der Waals surface area contributed by atoms with Gasteiger partial charge < -0.3 is 10.1 Å². The Labute approximate surface area is 147 Å². The summed E-state index contributed by atoms with van der Waals surface area (Å²) in [6.45, 7) is 1.18. The molecule has 9 heteroatoms. The van der Waals surface area contributed by atoms with Crippen molar-refractivity contribution in [2.75, 3.05) is 17.7 Å². The SMILES string of the molecule is O=C(CSc1n[nH]c(=O)n1CC1CCCO1)Nc1ccc(Cl)cc1. The Kier molecular flexibility index (Phi) is 5.60. The van der Waals surface area contributed by atoms with Gasteiger partial charge in [0, 0.05) is 17.3 Å². The standard InChI is InChI=1S/C15H17ClN4O3S/c16-10-3-5-11(6-4-10)17-13(21)9-24-15-19-18-14(22)20(15)8-12-2-1-7-23-12/h3-6,12H,1-2,7-9H2,(H,17,21)(H,18,22). The van der Waals surface area contributed by atoms with Crippen LogP contribution in [0.4, 0.5) is 5.69 Å². The maximum Gasteiger partial charge on any atom is 0.344 e. The third-order valence-electron chi connectivity index (χ3n) is 3.59. The van der Waals surface area contributed by atoms with Gasteiger partial charge in [0.15, 0.2) is 5.16 Å². The molecule has 1 aliphatic heterocycles. The molecule has 128 valence electrons. The lowest BCUT2D eigenvalue weighted by Gasteiger charge is -2.11. The first kappa shape index (κ1) is 17.1. The average molecular weight is 369 g/mol. The minimum Gasteiger partial charge on any atom is -0.376 e. The summed E-state index contributed by atoms with van der Waals surface area (Å²) in [5.74, 6) is -0.0280. The van der Waals surface area contributed by atoms with E-state index in [0.717, 1.165) is 19.4 Å². The molecule has 1 aromatic heterocycles. The van der Waals surface area contributed by atoms with E-state index in [-0.39, 0.29) is 23.5 Å². The smallest absolute Gasteiger partial charge is 0.344 e. The lowest BCUT2D eigenvalue weighted by Crippen LogP contribution is -2.25. The summed E-state index contributed by atoms with van der Waals surface area (Å²) in [6, 6.07) is 6.87. The molecule has 1 aliphatic rings. The van der Waals surface area contributed by atoms with Crippen LogP contribution in [-0.4, -0.2) is 39.1 Å². The van der Waals surface area contributed by atoms with E-state index in [1.807, 2.05) is 0 Å². The van der Waals surface area contributed by atoms with Crippen molar-refractivity contribution in [3.63, 3.8) is 0 Å². The van der Waals surface area contributed by atoms with Gasteiger partial charge in [-0.25, -0.2) is 9.89 Å². The number of aromatic amines is 1. The molecular formula is C15H17ClN4O3S. The van der Waals surface area contributed by atoms with E-state index in [2.05, 4.69) is 15.5 Å². The van der Waals surface area contributed by atoms with Crippen molar-refractivity contribution in [1.29, 1.82) is 0 Å². The maximum absolute atomic E-state index is 12.0. The highest BCUT2D eigenvalue weighted by atomic mass is 35.5. The van der Waals surface area contributed by atoms with E-state index in [1.165, 1.54) is 16.3 Å². The van der Waals surface area contributed by atoms with E-state index < -0.39 is 0 Å². The highest BCUT2D eigenvalue weighted by Gasteiger charge is 2.20. The van der Waals surface area contributed by atoms with Crippen molar-refractivity contribution in [1.82, 2.24) is 14.8 Å². The van der Waals surface area contributed by atoms with Gasteiger partial charge in [-0.2, -0.15) is 0 Å². The van der Waals surface area contributed by atoms with Gasteiger partial charge in [0.25, 0.3) is 0 Å². The minimum absolute atomic E-state index is 0.0301. The predicted octanol–water partition coefficient (Wildman–Crippen LogP) is 2.13. The van der Waals surface area contributed by atoms with Gasteiger partial charge in [-0.3, -0.25) is 9.36 Å². The number of hydrogen-bond donors (Lipinski definition) is 2. The summed E-state index contributed by atoms with van der Waals surface area (Å²) in [6.07, 6.45) is 1.96. The molecule has 0 aliphatic carbocycles. The van der Waals surface area contributed by atoms with Crippen molar-refractivity contribution in [3.8, 4) is 0 Å². The number of anilines is 1. The number of carbonyl (C=O) groups is 1. The molecule has 2 heterocycles. The molecule has 0 spiro atoms. The zero-order chi connectivity index (χ0) is 16.9. The summed E-state index contributed by atoms with van der Waals surface area (Å²) >= 11 is 7.02. The van der Waals surface area contributed by atoms with Gasteiger partial charge in [-0.05, 0) is 37.1 Å². The number of halogens is 1. The van der Waals surface area contributed by atoms with Crippen LogP contribution in [-0.2, 0) is 16.1 Å². The second-order valence-corrected chi connectivity index (χ2v) is 6.78. The maximum atomic E-state index is 12.0. The monoisotopic (exact) mass is 368 g/mol. The van der Waals surface area contributed by atoms with Gasteiger partial charge in [-0.1, -0.05) is 23.4 Å². The predicted molar refractivity (Wildman–Crippen MR) is 92.6 cm³/mol. The van der Waals surface area contributed by atoms with Crippen LogP contribution in [0.5, 0.6) is 0 Å². The number of carbonyl (C=O) groups excluding carboxylic acids is 1. The van der Waals surface area contributed by atoms with Crippen LogP contribution < -0.4 is 11.0 Å². The lowest BCUT2D eigenvalue weighted by molar-refractivity contribution is -0.113. The van der Waals surface area contributed by atoms with Gasteiger partial charge in [-0.15, -0.1) is 5.10 Å². The molecule has 1 aromatic carbocycles. The normalized spacial score (nSPS) is 17.1. The van der Waals surface area contributed by atoms with Crippen molar-refractivity contribution in [3.05, 3.63) is 39.8 Å². The van der Waals surface area contributed by atoms with Crippen molar-refractivity contribution < 1.29 is 9.53 Å². The highest BCUT2D eigenvalue weighted by Crippen LogP contribution is 2.19. The molecule has 24 heavy (non-hydrogen) atoms. The number of hydrogen-bond acceptors (Lipinski definition) is 5. The Hall–Kier alpha value is -1.77. The first-order valence-electron chi connectivity index (χ1n) is 7.57. The zero-order valence-corrected chi connectivity index (χ0v) is 14.4. The summed E-state index contributed by atoms with van der Waals surface area (Å²) < 4.78 is 7.07. The van der Waals surface area contributed by atoms with Crippen LogP contribution in [0.3, 0.4) is 0 Å². The summed E-state index contributed by atoms with van der Waals surface area (Å²) in [5.41, 5.74) is 0.384. The molecule has 2 aromatic rings. The Morgan fingerprint density at radius 2 is 2.25 bits per heavy atom. The fourth-order valence-corrected chi connectivity index (χ4v) is 3.31. The van der Waals surface area contributed by atoms with Crippen molar-refractivity contribution >= 4 is 35.0 Å². The zero-order valence-electron chi connectivity index (χ0n) is 12.8. The molecule has 0 saturated carbocycles. The topological polar surface area (TPSA) is 89.0 Å². The fourth-order valence-electron chi connectivity index (χ4n) is 2.43. The number of thioether (sulfide) groups is 1. The first-order valence-corrected chi connectivity index (χ1v) is 8.93. The van der Waals surface area contributed by atoms with Crippen molar-refractivity contribution in [2.45, 2.75) is 30.6 Å². The summed E-state index contributed by atoms with van der Waals surface area (Å²) in [4.78, 5) is 23.9. The molecule has 0 bridgehead atoms. The summed E-state index contributed by atoms with van der Waals surface area (Å²) in [7, 11) is 0. The van der Waals surface area contributed by atoms with Crippen LogP contribution >= 0.6 is 23.4 Å². The second-order valence-electron chi connectivity index (χ2n) is 5.40. The Balaban J connectivity index is 1.57. The molecule has 1 unspecified atom stereocenters. The van der Waals surface area contributed by atoms with Crippen LogP contribution in [0.25, 0.3) is 0 Å². The van der Waals surface area contributed by atoms with E-state index >= 15 is 0 Å². The Morgan fingerprint density at radius 3 is 2.96 bits per heavy atom. The molecule has 7 nitrogen and oxygen atoms in total. The van der Waals surface area contributed by atoms with Gasteiger partial charge in [0.2, 0.25) is 5.91 Å². The molecule has 1 saturated heterocycles. The van der Waals surface area contributed by atoms with E-state index in [1.54, 1.807) is 24.3 Å². The first-order chi connectivity index (χ1) is 11.6. The summed E-state index contributed by atoms with van der Waals surface area (Å²) in [5, 5.41) is 10.3. The number of nitrogens with one attached hydrogen (secondary N) is 2. The second kappa shape index (κ2) is 7.87. The third kappa shape index (κ3) is 4.40. The number of H-pyrrole nitrogens is 1. The van der Waals surface area contributed by atoms with E-state index in [9.17, 15) is 9.59 Å². The molecule has 3 rings (SSSR count). The van der Waals surface area contributed by atoms with Gasteiger partial charge in [0.1, 0.15) is 0 Å². The largest absolute Gasteiger partial charge is 0.376 e. The van der Waals surface area contributed by atoms with Crippen LogP contribution in [0.15, 0.2) is 34.2 Å². The van der Waals surface area contributed by atoms with Crippen molar-refractivity contribution in [2.24, 2.45) is 0 Å². The molecule has 0 radical (unpaired) electrons. The number of benzene rings is 1. The molecule has 1 amide bonds. The number of ether oxygens (including phenoxy) is 1. The fraction of sp³-hybridized carbons (Fsp3) is 0.400. The number of rotatable bonds is 6. The quantitative estimate of drug-likeness (QED) is 0.762. The molecule has 1 fully saturated rings. The molecule has 1 atom stereocenters. The van der Waals surface area contributed by atoms with E-state index in [4.69, 9.17) is 16.3 Å². The van der Waals surface area contributed by atoms with Gasteiger partial charge in [0.05, 0.1) is 18.4 Å². The third-order valence-corrected chi connectivity index (χ3v) is 4.82. The van der Waals surface area contributed by atoms with E-state index in [0.29, 0.717) is 22.4 Å². The molecular weight excluding hydrogens is 352 g/mol. The minimum atomic E-state index is -0.286. The van der Waals surface area contributed by atoms with Crippen LogP contribution in [0.1, 0.15) is 12.8 Å². The molecule has 2 N–H and O–H groups in total. The Morgan fingerprint density at radius 1 is 1.46 bits per heavy atom. The average Bonchev–Trinajstić information content (AvgIpc) is 3.19.